The van der Waals surface area contributed by atoms with Crippen LogP contribution in [-0.4, -0.2) is 5.38 Å². The van der Waals surface area contributed by atoms with Gasteiger partial charge in [-0.2, -0.15) is 0 Å². The van der Waals surface area contributed by atoms with Gasteiger partial charge in [-0.1, -0.05) is 18.5 Å². The van der Waals surface area contributed by atoms with Crippen molar-refractivity contribution in [1.29, 1.82) is 0 Å². The highest BCUT2D eigenvalue weighted by molar-refractivity contribution is 7.16. The van der Waals surface area contributed by atoms with Crippen LogP contribution in [-0.2, 0) is 6.42 Å². The van der Waals surface area contributed by atoms with Gasteiger partial charge in [0.1, 0.15) is 0 Å². The van der Waals surface area contributed by atoms with Crippen molar-refractivity contribution in [3.8, 4) is 0 Å². The average Bonchev–Trinajstić information content (AvgIpc) is 2.58. The Labute approximate surface area is 106 Å². The van der Waals surface area contributed by atoms with Crippen LogP contribution in [0.2, 0.25) is 4.34 Å². The van der Waals surface area contributed by atoms with Crippen molar-refractivity contribution in [1.82, 2.24) is 0 Å². The van der Waals surface area contributed by atoms with Gasteiger partial charge >= 0.3 is 0 Å². The van der Waals surface area contributed by atoms with E-state index in [0.29, 0.717) is 11.3 Å². The third-order valence-electron chi connectivity index (χ3n) is 3.24. The fraction of sp³-hybridized carbons (Fsp3) is 0.667. The molecule has 1 aromatic rings. The minimum atomic E-state index is 0.363. The van der Waals surface area contributed by atoms with Crippen LogP contribution in [0.3, 0.4) is 0 Å². The van der Waals surface area contributed by atoms with Gasteiger partial charge in [0, 0.05) is 10.3 Å². The van der Waals surface area contributed by atoms with Gasteiger partial charge in [0.25, 0.3) is 0 Å². The zero-order valence-electron chi connectivity index (χ0n) is 8.88. The molecule has 3 atom stereocenters. The van der Waals surface area contributed by atoms with E-state index in [0.717, 1.165) is 16.7 Å². The van der Waals surface area contributed by atoms with Gasteiger partial charge in [0.15, 0.2) is 0 Å². The van der Waals surface area contributed by atoms with E-state index in [1.807, 2.05) is 6.07 Å². The molecule has 1 fully saturated rings. The Morgan fingerprint density at radius 1 is 1.40 bits per heavy atom. The van der Waals surface area contributed by atoms with Crippen molar-refractivity contribution >= 4 is 34.5 Å². The molecule has 0 amide bonds. The second-order valence-electron chi connectivity index (χ2n) is 4.60. The lowest BCUT2D eigenvalue weighted by Crippen LogP contribution is -2.25. The van der Waals surface area contributed by atoms with E-state index in [1.165, 1.54) is 24.1 Å². The molecule has 1 aromatic heterocycles. The van der Waals surface area contributed by atoms with E-state index in [4.69, 9.17) is 23.2 Å². The monoisotopic (exact) mass is 262 g/mol. The van der Waals surface area contributed by atoms with Crippen LogP contribution >= 0.6 is 34.5 Å². The lowest BCUT2D eigenvalue weighted by molar-refractivity contribution is 0.288. The van der Waals surface area contributed by atoms with Gasteiger partial charge in [-0.25, -0.2) is 0 Å². The highest BCUT2D eigenvalue weighted by Gasteiger charge is 2.27. The fourth-order valence-electron chi connectivity index (χ4n) is 2.39. The molecule has 0 saturated heterocycles. The molecule has 0 aromatic carbocycles. The van der Waals surface area contributed by atoms with Gasteiger partial charge in [0.05, 0.1) is 4.34 Å². The van der Waals surface area contributed by atoms with Crippen molar-refractivity contribution < 1.29 is 0 Å². The zero-order valence-corrected chi connectivity index (χ0v) is 11.2. The van der Waals surface area contributed by atoms with Gasteiger partial charge in [-0.15, -0.1) is 22.9 Å². The number of hydrogen-bond donors (Lipinski definition) is 0. The highest BCUT2D eigenvalue weighted by Crippen LogP contribution is 2.36. The molecule has 2 rings (SSSR count). The SMILES string of the molecule is CC1CCC(Cl)C(Cc2ccc(Cl)s2)C1. The Morgan fingerprint density at radius 2 is 2.20 bits per heavy atom. The summed E-state index contributed by atoms with van der Waals surface area (Å²) in [6.07, 6.45) is 4.84. The van der Waals surface area contributed by atoms with Gasteiger partial charge in [-0.3, -0.25) is 0 Å². The molecule has 0 spiro atoms. The van der Waals surface area contributed by atoms with Gasteiger partial charge in [0.2, 0.25) is 0 Å². The Morgan fingerprint density at radius 3 is 2.87 bits per heavy atom. The first-order chi connectivity index (χ1) is 7.15. The molecule has 0 N–H and O–H groups in total. The second kappa shape index (κ2) is 5.07. The Hall–Kier alpha value is 0.280. The summed E-state index contributed by atoms with van der Waals surface area (Å²) in [5, 5.41) is 0.363. The molecule has 3 heteroatoms. The Bertz CT molecular complexity index is 321. The normalized spacial score (nSPS) is 31.8. The number of alkyl halides is 1. The standard InChI is InChI=1S/C12H16Cl2S/c1-8-2-4-11(13)9(6-8)7-10-3-5-12(14)15-10/h3,5,8-9,11H,2,4,6-7H2,1H3. The van der Waals surface area contributed by atoms with Crippen LogP contribution in [0.1, 0.15) is 31.1 Å². The summed E-state index contributed by atoms with van der Waals surface area (Å²) in [7, 11) is 0. The van der Waals surface area contributed by atoms with Crippen LogP contribution < -0.4 is 0 Å². The molecule has 1 aliphatic rings. The maximum Gasteiger partial charge on any atom is 0.0931 e. The third-order valence-corrected chi connectivity index (χ3v) is 5.07. The molecule has 0 radical (unpaired) electrons. The summed E-state index contributed by atoms with van der Waals surface area (Å²) in [5.74, 6) is 1.48. The Kier molecular flexibility index (Phi) is 3.98. The molecule has 1 heterocycles. The molecule has 0 aliphatic heterocycles. The maximum absolute atomic E-state index is 6.38. The topological polar surface area (TPSA) is 0 Å². The summed E-state index contributed by atoms with van der Waals surface area (Å²) in [5.41, 5.74) is 0. The molecule has 3 unspecified atom stereocenters. The van der Waals surface area contributed by atoms with E-state index < -0.39 is 0 Å². The van der Waals surface area contributed by atoms with Gasteiger partial charge in [-0.05, 0) is 49.7 Å². The first-order valence-corrected chi connectivity index (χ1v) is 7.16. The van der Waals surface area contributed by atoms with Crippen molar-refractivity contribution in [2.75, 3.05) is 0 Å². The quantitative estimate of drug-likeness (QED) is 0.659. The minimum Gasteiger partial charge on any atom is -0.128 e. The maximum atomic E-state index is 6.38. The lowest BCUT2D eigenvalue weighted by atomic mass is 9.80. The summed E-state index contributed by atoms with van der Waals surface area (Å²) in [4.78, 5) is 1.38. The molecule has 84 valence electrons. The minimum absolute atomic E-state index is 0.363. The molecule has 1 saturated carbocycles. The number of halogens is 2. The molecular formula is C12H16Cl2S. The number of thiophene rings is 1. The molecule has 0 bridgehead atoms. The first kappa shape index (κ1) is 11.8. The van der Waals surface area contributed by atoms with Crippen LogP contribution in [0.15, 0.2) is 12.1 Å². The van der Waals surface area contributed by atoms with Crippen LogP contribution in [0.4, 0.5) is 0 Å². The zero-order chi connectivity index (χ0) is 10.8. The number of rotatable bonds is 2. The number of hydrogen-bond acceptors (Lipinski definition) is 1. The molecule has 1 aliphatic carbocycles. The summed E-state index contributed by atoms with van der Waals surface area (Å²) >= 11 is 14.0. The van der Waals surface area contributed by atoms with E-state index in [9.17, 15) is 0 Å². The second-order valence-corrected chi connectivity index (χ2v) is 6.96. The molecular weight excluding hydrogens is 247 g/mol. The first-order valence-electron chi connectivity index (χ1n) is 5.53. The predicted molar refractivity (Wildman–Crippen MR) is 69.2 cm³/mol. The van der Waals surface area contributed by atoms with Crippen molar-refractivity contribution in [3.05, 3.63) is 21.3 Å². The van der Waals surface area contributed by atoms with E-state index in [2.05, 4.69) is 13.0 Å². The van der Waals surface area contributed by atoms with Crippen molar-refractivity contribution in [2.24, 2.45) is 11.8 Å². The van der Waals surface area contributed by atoms with E-state index >= 15 is 0 Å². The van der Waals surface area contributed by atoms with E-state index in [-0.39, 0.29) is 0 Å². The summed E-state index contributed by atoms with van der Waals surface area (Å²) < 4.78 is 0.889. The fourth-order valence-corrected chi connectivity index (χ4v) is 3.89. The average molecular weight is 263 g/mol. The van der Waals surface area contributed by atoms with E-state index in [1.54, 1.807) is 11.3 Å². The van der Waals surface area contributed by atoms with Gasteiger partial charge < -0.3 is 0 Å². The third kappa shape index (κ3) is 3.12. The Balaban J connectivity index is 1.98. The van der Waals surface area contributed by atoms with Crippen LogP contribution in [0.25, 0.3) is 0 Å². The smallest absolute Gasteiger partial charge is 0.0931 e. The predicted octanol–water partition coefficient (Wildman–Crippen LogP) is 4.99. The van der Waals surface area contributed by atoms with Crippen molar-refractivity contribution in [3.63, 3.8) is 0 Å². The molecule has 15 heavy (non-hydrogen) atoms. The van der Waals surface area contributed by atoms with Crippen molar-refractivity contribution in [2.45, 2.75) is 38.0 Å². The van der Waals surface area contributed by atoms with Crippen LogP contribution in [0, 0.1) is 11.8 Å². The van der Waals surface area contributed by atoms with Crippen LogP contribution in [0.5, 0.6) is 0 Å². The summed E-state index contributed by atoms with van der Waals surface area (Å²) in [6, 6.07) is 4.12. The summed E-state index contributed by atoms with van der Waals surface area (Å²) in [6.45, 7) is 2.33. The largest absolute Gasteiger partial charge is 0.128 e. The molecule has 0 nitrogen and oxygen atoms in total. The highest BCUT2D eigenvalue weighted by atomic mass is 35.5. The lowest BCUT2D eigenvalue weighted by Gasteiger charge is -2.30.